The lowest BCUT2D eigenvalue weighted by molar-refractivity contribution is -0.142. The van der Waals surface area contributed by atoms with Gasteiger partial charge in [-0.2, -0.15) is 0 Å². The largest absolute Gasteiger partial charge is 0.481 e. The number of aryl methyl sites for hydroxylation is 1. The van der Waals surface area contributed by atoms with Crippen molar-refractivity contribution in [3.63, 3.8) is 0 Å². The third kappa shape index (κ3) is 3.29. The third-order valence-electron chi connectivity index (χ3n) is 4.50. The zero-order valence-electron chi connectivity index (χ0n) is 14.9. The van der Waals surface area contributed by atoms with E-state index >= 15 is 0 Å². The van der Waals surface area contributed by atoms with E-state index in [1.165, 1.54) is 4.90 Å². The molecule has 4 rings (SSSR count). The van der Waals surface area contributed by atoms with Crippen LogP contribution in [0.25, 0.3) is 10.2 Å². The number of anilines is 1. The van der Waals surface area contributed by atoms with Gasteiger partial charge >= 0.3 is 5.97 Å². The Morgan fingerprint density at radius 2 is 2.07 bits per heavy atom. The average Bonchev–Trinajstić information content (AvgIpc) is 3.06. The van der Waals surface area contributed by atoms with Gasteiger partial charge in [0.25, 0.3) is 5.91 Å². The molecule has 2 aromatic carbocycles. The second-order valence-corrected chi connectivity index (χ2v) is 7.61. The molecule has 1 amide bonds. The molecule has 0 aliphatic carbocycles. The summed E-state index contributed by atoms with van der Waals surface area (Å²) in [6, 6.07) is 5.94. The number of amides is 1. The van der Waals surface area contributed by atoms with Gasteiger partial charge in [0.1, 0.15) is 16.3 Å². The predicted octanol–water partition coefficient (Wildman–Crippen LogP) is 3.79. The van der Waals surface area contributed by atoms with E-state index in [1.54, 1.807) is 25.1 Å². The van der Waals surface area contributed by atoms with Crippen molar-refractivity contribution in [1.82, 2.24) is 4.98 Å². The van der Waals surface area contributed by atoms with Crippen LogP contribution >= 0.6 is 11.3 Å². The number of nitrogens with zero attached hydrogens (tertiary/aromatic N) is 2. The van der Waals surface area contributed by atoms with Crippen LogP contribution in [0.5, 0.6) is 5.75 Å². The Kier molecular flexibility index (Phi) is 4.65. The number of benzene rings is 2. The summed E-state index contributed by atoms with van der Waals surface area (Å²) >= 11 is 0.915. The van der Waals surface area contributed by atoms with Gasteiger partial charge in [-0.1, -0.05) is 12.1 Å². The Balaban J connectivity index is 1.76. The summed E-state index contributed by atoms with van der Waals surface area (Å²) in [6.07, 6.45) is -1.77. The molecule has 1 atom stereocenters. The Morgan fingerprint density at radius 1 is 1.31 bits per heavy atom. The first-order valence-corrected chi connectivity index (χ1v) is 9.30. The van der Waals surface area contributed by atoms with Gasteiger partial charge in [0, 0.05) is 0 Å². The molecule has 1 aliphatic rings. The topological polar surface area (TPSA) is 79.7 Å². The SMILES string of the molecule is Cc1cccc2c1OC(CC(=O)O)C(=O)N2Cc1nc2c(F)c(F)c(F)cc2s1. The molecule has 3 aromatic rings. The first-order chi connectivity index (χ1) is 13.8. The summed E-state index contributed by atoms with van der Waals surface area (Å²) < 4.78 is 46.7. The monoisotopic (exact) mass is 422 g/mol. The van der Waals surface area contributed by atoms with E-state index in [1.807, 2.05) is 0 Å². The number of fused-ring (bicyclic) bond motifs is 2. The molecule has 0 fully saturated rings. The number of hydrogen-bond donors (Lipinski definition) is 1. The lowest BCUT2D eigenvalue weighted by Crippen LogP contribution is -2.46. The molecule has 0 saturated heterocycles. The van der Waals surface area contributed by atoms with Crippen LogP contribution < -0.4 is 9.64 Å². The number of carbonyl (C=O) groups excluding carboxylic acids is 1. The molecule has 0 spiro atoms. The van der Waals surface area contributed by atoms with Crippen molar-refractivity contribution < 1.29 is 32.6 Å². The van der Waals surface area contributed by atoms with Crippen LogP contribution in [0, 0.1) is 24.4 Å². The molecule has 0 saturated carbocycles. The molecule has 1 aliphatic heterocycles. The van der Waals surface area contributed by atoms with E-state index in [2.05, 4.69) is 4.98 Å². The molecule has 0 radical (unpaired) electrons. The Bertz CT molecular complexity index is 1160. The molecule has 150 valence electrons. The number of rotatable bonds is 4. The van der Waals surface area contributed by atoms with E-state index in [4.69, 9.17) is 9.84 Å². The van der Waals surface area contributed by atoms with E-state index in [0.29, 0.717) is 17.0 Å². The van der Waals surface area contributed by atoms with Gasteiger partial charge < -0.3 is 9.84 Å². The van der Waals surface area contributed by atoms with Crippen LogP contribution in [0.1, 0.15) is 17.0 Å². The van der Waals surface area contributed by atoms with Crippen molar-refractivity contribution in [3.8, 4) is 5.75 Å². The van der Waals surface area contributed by atoms with Gasteiger partial charge in [0.15, 0.2) is 23.6 Å². The smallest absolute Gasteiger partial charge is 0.307 e. The third-order valence-corrected chi connectivity index (χ3v) is 5.49. The highest BCUT2D eigenvalue weighted by molar-refractivity contribution is 7.18. The number of ether oxygens (including phenoxy) is 1. The van der Waals surface area contributed by atoms with Crippen LogP contribution in [-0.4, -0.2) is 28.1 Å². The second-order valence-electron chi connectivity index (χ2n) is 6.49. The van der Waals surface area contributed by atoms with Gasteiger partial charge in [0.05, 0.1) is 23.4 Å². The molecule has 1 unspecified atom stereocenters. The molecular formula is C19H13F3N2O4S. The highest BCUT2D eigenvalue weighted by atomic mass is 32.1. The van der Waals surface area contributed by atoms with E-state index in [9.17, 15) is 22.8 Å². The van der Waals surface area contributed by atoms with Crippen molar-refractivity contribution >= 4 is 39.1 Å². The van der Waals surface area contributed by atoms with Gasteiger partial charge in [-0.15, -0.1) is 11.3 Å². The minimum Gasteiger partial charge on any atom is -0.481 e. The first kappa shape index (κ1) is 19.2. The van der Waals surface area contributed by atoms with Crippen molar-refractivity contribution in [2.75, 3.05) is 4.90 Å². The fourth-order valence-electron chi connectivity index (χ4n) is 3.16. The minimum absolute atomic E-state index is 0.101. The number of para-hydroxylation sites is 1. The zero-order chi connectivity index (χ0) is 20.9. The number of carboxylic acid groups (broad SMARTS) is 1. The molecule has 0 bridgehead atoms. The lowest BCUT2D eigenvalue weighted by Gasteiger charge is -2.34. The number of halogens is 3. The molecule has 6 nitrogen and oxygen atoms in total. The van der Waals surface area contributed by atoms with Crippen LogP contribution in [0.2, 0.25) is 0 Å². The van der Waals surface area contributed by atoms with Gasteiger partial charge in [0.2, 0.25) is 0 Å². The molecule has 1 aromatic heterocycles. The van der Waals surface area contributed by atoms with E-state index in [0.717, 1.165) is 17.4 Å². The summed E-state index contributed by atoms with van der Waals surface area (Å²) in [5, 5.41) is 9.32. The van der Waals surface area contributed by atoms with Crippen molar-refractivity contribution in [2.24, 2.45) is 0 Å². The number of thiazole rings is 1. The maximum absolute atomic E-state index is 14.0. The summed E-state index contributed by atoms with van der Waals surface area (Å²) in [5.74, 6) is -5.76. The normalized spacial score (nSPS) is 16.1. The Hall–Kier alpha value is -3.14. The summed E-state index contributed by atoms with van der Waals surface area (Å²) in [4.78, 5) is 29.3. The Labute approximate surface area is 166 Å². The van der Waals surface area contributed by atoms with E-state index < -0.39 is 41.9 Å². The molecule has 1 N–H and O–H groups in total. The quantitative estimate of drug-likeness (QED) is 0.647. The highest BCUT2D eigenvalue weighted by Crippen LogP contribution is 2.39. The van der Waals surface area contributed by atoms with Gasteiger partial charge in [-0.3, -0.25) is 14.5 Å². The van der Waals surface area contributed by atoms with E-state index in [-0.39, 0.29) is 21.8 Å². The summed E-state index contributed by atoms with van der Waals surface area (Å²) in [7, 11) is 0. The maximum atomic E-state index is 14.0. The maximum Gasteiger partial charge on any atom is 0.307 e. The number of carbonyl (C=O) groups is 2. The van der Waals surface area contributed by atoms with Crippen LogP contribution in [0.4, 0.5) is 18.9 Å². The molecular weight excluding hydrogens is 409 g/mol. The Morgan fingerprint density at radius 3 is 2.79 bits per heavy atom. The predicted molar refractivity (Wildman–Crippen MR) is 98.5 cm³/mol. The average molecular weight is 422 g/mol. The molecule has 29 heavy (non-hydrogen) atoms. The van der Waals surface area contributed by atoms with Crippen LogP contribution in [-0.2, 0) is 16.1 Å². The van der Waals surface area contributed by atoms with Gasteiger partial charge in [-0.05, 0) is 24.6 Å². The highest BCUT2D eigenvalue weighted by Gasteiger charge is 2.37. The first-order valence-electron chi connectivity index (χ1n) is 8.48. The fraction of sp³-hybridized carbons (Fsp3) is 0.211. The fourth-order valence-corrected chi connectivity index (χ4v) is 4.14. The van der Waals surface area contributed by atoms with Gasteiger partial charge in [-0.25, -0.2) is 18.2 Å². The zero-order valence-corrected chi connectivity index (χ0v) is 15.7. The standard InChI is InChI=1S/C19H13F3N2O4S/c1-8-3-2-4-10-18(8)28-11(6-14(25)26)19(27)24(10)7-13-23-17-12(29-13)5-9(20)15(21)16(17)22/h2-5,11H,6-7H2,1H3,(H,25,26). The van der Waals surface area contributed by atoms with Crippen LogP contribution in [0.3, 0.4) is 0 Å². The number of carboxylic acids is 1. The lowest BCUT2D eigenvalue weighted by atomic mass is 10.1. The number of aromatic nitrogens is 1. The summed E-state index contributed by atoms with van der Waals surface area (Å²) in [6.45, 7) is 1.63. The minimum atomic E-state index is -1.61. The van der Waals surface area contributed by atoms with Crippen molar-refractivity contribution in [2.45, 2.75) is 26.0 Å². The number of hydrogen-bond acceptors (Lipinski definition) is 5. The molecule has 10 heteroatoms. The second kappa shape index (κ2) is 7.03. The number of aliphatic carboxylic acids is 1. The van der Waals surface area contributed by atoms with Crippen LogP contribution in [0.15, 0.2) is 24.3 Å². The molecule has 2 heterocycles. The van der Waals surface area contributed by atoms with Crippen molar-refractivity contribution in [1.29, 1.82) is 0 Å². The summed E-state index contributed by atoms with van der Waals surface area (Å²) in [5.41, 5.74) is 0.791. The van der Waals surface area contributed by atoms with Crippen molar-refractivity contribution in [3.05, 3.63) is 52.3 Å².